The molecular formula is C12H23NO5. The molecule has 18 heavy (non-hydrogen) atoms. The molecule has 0 saturated heterocycles. The van der Waals surface area contributed by atoms with Crippen LogP contribution in [0.3, 0.4) is 0 Å². The quantitative estimate of drug-likeness (QED) is 0.729. The van der Waals surface area contributed by atoms with Gasteiger partial charge >= 0.3 is 12.1 Å². The summed E-state index contributed by atoms with van der Waals surface area (Å²) in [5.41, 5.74) is -0.419. The smallest absolute Gasteiger partial charge is 0.408 e. The zero-order chi connectivity index (χ0) is 14.3. The highest BCUT2D eigenvalue weighted by Crippen LogP contribution is 2.13. The molecule has 6 heteroatoms. The Labute approximate surface area is 108 Å². The Hall–Kier alpha value is -1.30. The second kappa shape index (κ2) is 7.20. The van der Waals surface area contributed by atoms with E-state index in [9.17, 15) is 9.59 Å². The Morgan fingerprint density at radius 3 is 2.28 bits per heavy atom. The fraction of sp³-hybridized carbons (Fsp3) is 0.833. The van der Waals surface area contributed by atoms with Gasteiger partial charge in [-0.2, -0.15) is 0 Å². The predicted octanol–water partition coefficient (Wildman–Crippen LogP) is 1.78. The molecule has 2 N–H and O–H groups in total. The third-order valence-electron chi connectivity index (χ3n) is 2.43. The number of amides is 1. The van der Waals surface area contributed by atoms with Crippen LogP contribution in [-0.4, -0.2) is 41.5 Å². The molecule has 0 aromatic carbocycles. The number of aliphatic carboxylic acids is 1. The molecule has 0 aliphatic carbocycles. The number of carbonyl (C=O) groups excluding carboxylic acids is 1. The molecule has 1 atom stereocenters. The third-order valence-corrected chi connectivity index (χ3v) is 2.43. The molecular weight excluding hydrogens is 238 g/mol. The zero-order valence-corrected chi connectivity index (χ0v) is 11.6. The Balaban J connectivity index is 4.32. The molecule has 0 aromatic heterocycles. The fourth-order valence-corrected chi connectivity index (χ4v) is 0.976. The van der Waals surface area contributed by atoms with Gasteiger partial charge in [-0.3, -0.25) is 0 Å². The van der Waals surface area contributed by atoms with Crippen molar-refractivity contribution in [3.8, 4) is 0 Å². The number of rotatable bonds is 7. The van der Waals surface area contributed by atoms with E-state index in [0.29, 0.717) is 0 Å². The molecule has 0 heterocycles. The summed E-state index contributed by atoms with van der Waals surface area (Å²) >= 11 is 0. The molecule has 0 bridgehead atoms. The number of carboxylic acids is 1. The van der Waals surface area contributed by atoms with Crippen molar-refractivity contribution in [2.24, 2.45) is 0 Å². The summed E-state index contributed by atoms with van der Waals surface area (Å²) in [6.07, 6.45) is -0.307. The van der Waals surface area contributed by atoms with E-state index in [4.69, 9.17) is 14.6 Å². The maximum atomic E-state index is 11.3. The van der Waals surface area contributed by atoms with E-state index in [1.54, 1.807) is 13.8 Å². The summed E-state index contributed by atoms with van der Waals surface area (Å²) in [5.74, 6) is -1.15. The van der Waals surface area contributed by atoms with Gasteiger partial charge in [-0.25, -0.2) is 9.59 Å². The minimum absolute atomic E-state index is 0.0939. The molecule has 0 radical (unpaired) electrons. The highest BCUT2D eigenvalue weighted by Gasteiger charge is 2.25. The first-order valence-electron chi connectivity index (χ1n) is 6.02. The number of carbonyl (C=O) groups is 2. The van der Waals surface area contributed by atoms with E-state index in [1.807, 2.05) is 20.8 Å². The highest BCUT2D eigenvalue weighted by atomic mass is 16.6. The van der Waals surface area contributed by atoms with Crippen molar-refractivity contribution >= 4 is 12.1 Å². The molecule has 0 fully saturated rings. The lowest BCUT2D eigenvalue weighted by atomic mass is 10.1. The van der Waals surface area contributed by atoms with Crippen LogP contribution in [0.15, 0.2) is 0 Å². The van der Waals surface area contributed by atoms with Crippen LogP contribution in [0.2, 0.25) is 0 Å². The van der Waals surface area contributed by atoms with Crippen LogP contribution < -0.4 is 5.32 Å². The molecule has 6 nitrogen and oxygen atoms in total. The lowest BCUT2D eigenvalue weighted by molar-refractivity contribution is -0.143. The Bertz CT molecular complexity index is 288. The van der Waals surface area contributed by atoms with Crippen LogP contribution in [0.4, 0.5) is 4.79 Å². The maximum Gasteiger partial charge on any atom is 0.408 e. The Morgan fingerprint density at radius 1 is 1.33 bits per heavy atom. The van der Waals surface area contributed by atoms with Crippen LogP contribution in [0.1, 0.15) is 41.0 Å². The second-order valence-corrected chi connectivity index (χ2v) is 4.91. The summed E-state index contributed by atoms with van der Waals surface area (Å²) in [5, 5.41) is 11.2. The third kappa shape index (κ3) is 7.11. The van der Waals surface area contributed by atoms with E-state index >= 15 is 0 Å². The van der Waals surface area contributed by atoms with Gasteiger partial charge in [0.1, 0.15) is 0 Å². The summed E-state index contributed by atoms with van der Waals surface area (Å²) in [6.45, 7) is 8.94. The summed E-state index contributed by atoms with van der Waals surface area (Å²) in [4.78, 5) is 22.3. The van der Waals surface area contributed by atoms with Gasteiger partial charge in [0.2, 0.25) is 0 Å². The number of hydrogen-bond donors (Lipinski definition) is 2. The van der Waals surface area contributed by atoms with Crippen molar-refractivity contribution in [1.29, 1.82) is 0 Å². The molecule has 0 aliphatic rings. The van der Waals surface area contributed by atoms with Crippen molar-refractivity contribution in [2.75, 3.05) is 6.61 Å². The Morgan fingerprint density at radius 2 is 1.89 bits per heavy atom. The molecule has 0 rings (SSSR count). The van der Waals surface area contributed by atoms with Gasteiger partial charge in [0.05, 0.1) is 18.3 Å². The number of nitrogens with one attached hydrogen (secondary N) is 1. The molecule has 106 valence electrons. The molecule has 0 spiro atoms. The molecule has 0 saturated carbocycles. The maximum absolute atomic E-state index is 11.3. The van der Waals surface area contributed by atoms with Crippen molar-refractivity contribution in [1.82, 2.24) is 5.32 Å². The van der Waals surface area contributed by atoms with Gasteiger partial charge in [-0.05, 0) is 34.1 Å². The van der Waals surface area contributed by atoms with Gasteiger partial charge < -0.3 is 19.9 Å². The monoisotopic (exact) mass is 261 g/mol. The summed E-state index contributed by atoms with van der Waals surface area (Å²) < 4.78 is 10.3. The average Bonchev–Trinajstić information content (AvgIpc) is 2.22. The van der Waals surface area contributed by atoms with Crippen LogP contribution >= 0.6 is 0 Å². The van der Waals surface area contributed by atoms with Crippen molar-refractivity contribution < 1.29 is 24.2 Å². The number of alkyl carbamates (subject to hydrolysis) is 1. The predicted molar refractivity (Wildman–Crippen MR) is 66.5 cm³/mol. The Kier molecular flexibility index (Phi) is 6.68. The van der Waals surface area contributed by atoms with Gasteiger partial charge in [0, 0.05) is 0 Å². The van der Waals surface area contributed by atoms with Gasteiger partial charge in [-0.1, -0.05) is 6.92 Å². The average molecular weight is 261 g/mol. The largest absolute Gasteiger partial charge is 0.480 e. The first kappa shape index (κ1) is 16.7. The topological polar surface area (TPSA) is 84.9 Å². The van der Waals surface area contributed by atoms with Crippen LogP contribution in [0.25, 0.3) is 0 Å². The highest BCUT2D eigenvalue weighted by molar-refractivity contribution is 5.80. The van der Waals surface area contributed by atoms with Crippen molar-refractivity contribution in [3.05, 3.63) is 0 Å². The van der Waals surface area contributed by atoms with Crippen LogP contribution in [0, 0.1) is 0 Å². The standard InChI is InChI=1S/C12H23NO5/c1-6-12(4,5)17-7-9(10(14)15)13-11(16)18-8(2)3/h8-9H,6-7H2,1-5H3,(H,13,16)(H,14,15)/t9-/m1/s1. The first-order valence-corrected chi connectivity index (χ1v) is 6.02. The molecule has 0 aliphatic heterocycles. The zero-order valence-electron chi connectivity index (χ0n) is 11.6. The minimum atomic E-state index is -1.15. The van der Waals surface area contributed by atoms with Gasteiger partial charge in [0.25, 0.3) is 0 Å². The molecule has 0 aromatic rings. The van der Waals surface area contributed by atoms with Crippen LogP contribution in [0.5, 0.6) is 0 Å². The number of ether oxygens (including phenoxy) is 2. The number of carboxylic acid groups (broad SMARTS) is 1. The first-order chi connectivity index (χ1) is 8.18. The minimum Gasteiger partial charge on any atom is -0.480 e. The fourth-order valence-electron chi connectivity index (χ4n) is 0.976. The lowest BCUT2D eigenvalue weighted by Gasteiger charge is -2.26. The lowest BCUT2D eigenvalue weighted by Crippen LogP contribution is -2.46. The SMILES string of the molecule is CCC(C)(C)OC[C@@H](NC(=O)OC(C)C)C(=O)O. The van der Waals surface area contributed by atoms with E-state index in [0.717, 1.165) is 6.42 Å². The normalized spacial score (nSPS) is 13.2. The van der Waals surface area contributed by atoms with Gasteiger partial charge in [-0.15, -0.1) is 0 Å². The summed E-state index contributed by atoms with van der Waals surface area (Å²) in [7, 11) is 0. The van der Waals surface area contributed by atoms with E-state index in [2.05, 4.69) is 5.32 Å². The summed E-state index contributed by atoms with van der Waals surface area (Å²) in [6, 6.07) is -1.11. The van der Waals surface area contributed by atoms with Crippen LogP contribution in [-0.2, 0) is 14.3 Å². The van der Waals surface area contributed by atoms with Crippen molar-refractivity contribution in [3.63, 3.8) is 0 Å². The second-order valence-electron chi connectivity index (χ2n) is 4.91. The molecule has 0 unspecified atom stereocenters. The van der Waals surface area contributed by atoms with E-state index < -0.39 is 23.7 Å². The van der Waals surface area contributed by atoms with Gasteiger partial charge in [0.15, 0.2) is 6.04 Å². The van der Waals surface area contributed by atoms with Crippen molar-refractivity contribution in [2.45, 2.75) is 58.8 Å². The van der Waals surface area contributed by atoms with E-state index in [1.165, 1.54) is 0 Å². The van der Waals surface area contributed by atoms with E-state index in [-0.39, 0.29) is 12.7 Å². The number of hydrogen-bond acceptors (Lipinski definition) is 4. The molecule has 1 amide bonds.